The number of nitrogens with zero attached hydrogens (tertiary/aromatic N) is 6. The second-order valence-electron chi connectivity index (χ2n) is 12.4. The number of rotatable bonds is 9. The van der Waals surface area contributed by atoms with Crippen LogP contribution in [0.5, 0.6) is 0 Å². The number of alkyl halides is 2. The maximum Gasteiger partial charge on any atom is 0.263 e. The summed E-state index contributed by atoms with van der Waals surface area (Å²) < 4.78 is 34.8. The van der Waals surface area contributed by atoms with Gasteiger partial charge in [-0.2, -0.15) is 5.26 Å². The maximum absolute atomic E-state index is 14.0. The predicted molar refractivity (Wildman–Crippen MR) is 165 cm³/mol. The van der Waals surface area contributed by atoms with Gasteiger partial charge in [-0.1, -0.05) is 55.8 Å². The molecule has 226 valence electrons. The van der Waals surface area contributed by atoms with E-state index in [-0.39, 0.29) is 5.41 Å². The minimum absolute atomic E-state index is 0.0535. The fourth-order valence-electron chi connectivity index (χ4n) is 5.33. The van der Waals surface area contributed by atoms with Crippen LogP contribution in [0.15, 0.2) is 59.7 Å². The van der Waals surface area contributed by atoms with E-state index in [0.29, 0.717) is 63.7 Å². The molecule has 0 unspecified atom stereocenters. The molecule has 0 spiro atoms. The lowest BCUT2D eigenvalue weighted by atomic mass is 9.94. The minimum atomic E-state index is -2.56. The molecule has 44 heavy (non-hydrogen) atoms. The van der Waals surface area contributed by atoms with Crippen LogP contribution in [0.4, 0.5) is 20.2 Å². The molecule has 0 aliphatic heterocycles. The standard InChI is InChI=1S/C32H31ClF2N8O/c1-18-21(26-14-37-17-44-26)6-5-7-22(18)29(25-15-43(42-41-25)32(8-9-32)30(34)35)40-20-10-23-27(39-16-31(2,3)4)19(12-36)13-38-28(23)24(33)11-20/h5-7,10-11,13-15,17,29-30,40H,8-9,16H2,1-4H3,(H,38,39)/t29-/m0/s1. The normalized spacial score (nSPS) is 14.9. The molecular formula is C32H31ClF2N8O. The summed E-state index contributed by atoms with van der Waals surface area (Å²) in [6.45, 7) is 8.87. The van der Waals surface area contributed by atoms with Crippen LogP contribution in [0.3, 0.4) is 0 Å². The Bertz CT molecular complexity index is 1870. The molecule has 0 radical (unpaired) electrons. The summed E-state index contributed by atoms with van der Waals surface area (Å²) in [5, 5.41) is 26.4. The number of nitriles is 1. The van der Waals surface area contributed by atoms with Gasteiger partial charge < -0.3 is 15.1 Å². The number of hydrogen-bond acceptors (Lipinski definition) is 8. The average molecular weight is 617 g/mol. The lowest BCUT2D eigenvalue weighted by Gasteiger charge is -2.23. The van der Waals surface area contributed by atoms with Gasteiger partial charge in [-0.05, 0) is 48.4 Å². The van der Waals surface area contributed by atoms with Crippen molar-refractivity contribution >= 4 is 33.9 Å². The van der Waals surface area contributed by atoms with Gasteiger partial charge in [0.15, 0.2) is 12.2 Å². The van der Waals surface area contributed by atoms with Crippen LogP contribution in [0.1, 0.15) is 62.0 Å². The minimum Gasteiger partial charge on any atom is -0.444 e. The fourth-order valence-corrected chi connectivity index (χ4v) is 5.60. The number of pyridine rings is 1. The van der Waals surface area contributed by atoms with E-state index in [9.17, 15) is 14.0 Å². The molecule has 1 aliphatic carbocycles. The van der Waals surface area contributed by atoms with Crippen molar-refractivity contribution in [3.8, 4) is 17.4 Å². The number of oxazole rings is 1. The second-order valence-corrected chi connectivity index (χ2v) is 12.8. The van der Waals surface area contributed by atoms with Crippen molar-refractivity contribution in [2.45, 2.75) is 58.5 Å². The van der Waals surface area contributed by atoms with E-state index in [1.807, 2.05) is 31.2 Å². The molecule has 0 bridgehead atoms. The molecule has 3 heterocycles. The third-order valence-corrected chi connectivity index (χ3v) is 8.26. The highest BCUT2D eigenvalue weighted by Crippen LogP contribution is 2.48. The highest BCUT2D eigenvalue weighted by Gasteiger charge is 2.54. The monoisotopic (exact) mass is 616 g/mol. The van der Waals surface area contributed by atoms with Gasteiger partial charge in [-0.25, -0.2) is 18.4 Å². The van der Waals surface area contributed by atoms with Crippen LogP contribution in [-0.2, 0) is 5.54 Å². The summed E-state index contributed by atoms with van der Waals surface area (Å²) in [5.41, 5.74) is 3.83. The van der Waals surface area contributed by atoms with E-state index >= 15 is 0 Å². The van der Waals surface area contributed by atoms with E-state index < -0.39 is 18.0 Å². The summed E-state index contributed by atoms with van der Waals surface area (Å²) in [5.74, 6) is 0.597. The Balaban J connectivity index is 1.48. The Morgan fingerprint density at radius 3 is 2.66 bits per heavy atom. The molecule has 1 aliphatic rings. The molecular weight excluding hydrogens is 586 g/mol. The molecule has 5 aromatic rings. The molecule has 1 saturated carbocycles. The Kier molecular flexibility index (Phi) is 7.49. The maximum atomic E-state index is 14.0. The van der Waals surface area contributed by atoms with Gasteiger partial charge in [0, 0.05) is 29.4 Å². The first-order valence-electron chi connectivity index (χ1n) is 14.2. The largest absolute Gasteiger partial charge is 0.444 e. The Morgan fingerprint density at radius 2 is 2.00 bits per heavy atom. The molecule has 2 aromatic carbocycles. The number of benzene rings is 2. The molecule has 2 N–H and O–H groups in total. The van der Waals surface area contributed by atoms with Crippen molar-refractivity contribution in [1.29, 1.82) is 5.26 Å². The SMILES string of the molecule is Cc1c(-c2cnco2)cccc1[C@H](Nc1cc(Cl)c2ncc(C#N)c(NCC(C)(C)C)c2c1)c1cn(C2(C(F)F)CC2)nn1. The van der Waals surface area contributed by atoms with Crippen LogP contribution in [0.25, 0.3) is 22.2 Å². The smallest absolute Gasteiger partial charge is 0.263 e. The van der Waals surface area contributed by atoms with Crippen LogP contribution in [0.2, 0.25) is 5.02 Å². The zero-order valence-corrected chi connectivity index (χ0v) is 25.5. The highest BCUT2D eigenvalue weighted by atomic mass is 35.5. The van der Waals surface area contributed by atoms with Crippen molar-refractivity contribution < 1.29 is 13.2 Å². The third-order valence-electron chi connectivity index (χ3n) is 7.97. The van der Waals surface area contributed by atoms with Crippen LogP contribution in [0, 0.1) is 23.7 Å². The fraction of sp³-hybridized carbons (Fsp3) is 0.344. The van der Waals surface area contributed by atoms with Gasteiger partial charge in [-0.3, -0.25) is 4.98 Å². The zero-order chi connectivity index (χ0) is 31.2. The lowest BCUT2D eigenvalue weighted by Crippen LogP contribution is -2.26. The number of anilines is 2. The molecule has 6 rings (SSSR count). The summed E-state index contributed by atoms with van der Waals surface area (Å²) >= 11 is 6.78. The Hall–Kier alpha value is -4.56. The number of aromatic nitrogens is 5. The first-order valence-corrected chi connectivity index (χ1v) is 14.6. The first-order chi connectivity index (χ1) is 21.0. The van der Waals surface area contributed by atoms with Crippen molar-refractivity contribution in [2.75, 3.05) is 17.2 Å². The van der Waals surface area contributed by atoms with Gasteiger partial charge in [0.25, 0.3) is 6.43 Å². The van der Waals surface area contributed by atoms with Crippen molar-refractivity contribution in [3.05, 3.63) is 82.7 Å². The van der Waals surface area contributed by atoms with Crippen molar-refractivity contribution in [3.63, 3.8) is 0 Å². The highest BCUT2D eigenvalue weighted by molar-refractivity contribution is 6.35. The van der Waals surface area contributed by atoms with Gasteiger partial charge in [0.05, 0.1) is 40.2 Å². The van der Waals surface area contributed by atoms with Crippen LogP contribution >= 0.6 is 11.6 Å². The van der Waals surface area contributed by atoms with E-state index in [2.05, 4.69) is 57.8 Å². The predicted octanol–water partition coefficient (Wildman–Crippen LogP) is 7.73. The zero-order valence-electron chi connectivity index (χ0n) is 24.7. The number of hydrogen-bond donors (Lipinski definition) is 2. The molecule has 3 aromatic heterocycles. The average Bonchev–Trinajstić information content (AvgIpc) is 3.36. The summed E-state index contributed by atoms with van der Waals surface area (Å²) in [6, 6.07) is 11.0. The van der Waals surface area contributed by atoms with Crippen molar-refractivity contribution in [2.24, 2.45) is 5.41 Å². The van der Waals surface area contributed by atoms with E-state index in [1.165, 1.54) is 17.3 Å². The van der Waals surface area contributed by atoms with E-state index in [4.69, 9.17) is 16.0 Å². The van der Waals surface area contributed by atoms with Gasteiger partial charge in [-0.15, -0.1) is 5.10 Å². The van der Waals surface area contributed by atoms with Gasteiger partial charge >= 0.3 is 0 Å². The Morgan fingerprint density at radius 1 is 1.20 bits per heavy atom. The molecule has 1 fully saturated rings. The number of fused-ring (bicyclic) bond motifs is 1. The van der Waals surface area contributed by atoms with Crippen molar-refractivity contribution in [1.82, 2.24) is 25.0 Å². The second kappa shape index (κ2) is 11.2. The topological polar surface area (TPSA) is 117 Å². The Labute approximate surface area is 258 Å². The van der Waals surface area contributed by atoms with Gasteiger partial charge in [0.2, 0.25) is 0 Å². The summed E-state index contributed by atoms with van der Waals surface area (Å²) in [4.78, 5) is 8.52. The third kappa shape index (κ3) is 5.46. The molecule has 1 atom stereocenters. The first kappa shape index (κ1) is 29.5. The summed E-state index contributed by atoms with van der Waals surface area (Å²) in [7, 11) is 0. The van der Waals surface area contributed by atoms with E-state index in [0.717, 1.165) is 16.7 Å². The quantitative estimate of drug-likeness (QED) is 0.173. The molecule has 12 heteroatoms. The number of halogens is 3. The molecule has 0 amide bonds. The molecule has 9 nitrogen and oxygen atoms in total. The number of nitrogens with one attached hydrogen (secondary N) is 2. The lowest BCUT2D eigenvalue weighted by molar-refractivity contribution is 0.0593. The van der Waals surface area contributed by atoms with Crippen LogP contribution < -0.4 is 10.6 Å². The van der Waals surface area contributed by atoms with Gasteiger partial charge in [0.1, 0.15) is 17.3 Å². The summed E-state index contributed by atoms with van der Waals surface area (Å²) in [6.07, 6.45) is 4.23. The van der Waals surface area contributed by atoms with Crippen LogP contribution in [-0.4, -0.2) is 37.9 Å². The van der Waals surface area contributed by atoms with E-state index in [1.54, 1.807) is 18.5 Å². The molecule has 0 saturated heterocycles.